The van der Waals surface area contributed by atoms with E-state index in [0.717, 1.165) is 31.6 Å². The summed E-state index contributed by atoms with van der Waals surface area (Å²) in [7, 11) is 0. The standard InChI is InChI=1S/C28H30ClN3O3/c1-2-35-17-7-15-30-27(33)24-18-22(31-28(34)23-10-5-6-11-25(23)29)12-13-26(24)32-16-14-20-8-3-4-9-21(20)19-32/h3-6,8-13,18H,2,7,14-17,19H2,1H3,(H,30,33)(H,31,34). The Balaban J connectivity index is 1.57. The first-order valence-corrected chi connectivity index (χ1v) is 12.3. The van der Waals surface area contributed by atoms with Crippen molar-refractivity contribution in [2.45, 2.75) is 26.3 Å². The molecule has 0 bridgehead atoms. The van der Waals surface area contributed by atoms with Gasteiger partial charge in [0.1, 0.15) is 0 Å². The highest BCUT2D eigenvalue weighted by Crippen LogP contribution is 2.30. The van der Waals surface area contributed by atoms with E-state index < -0.39 is 0 Å². The van der Waals surface area contributed by atoms with Gasteiger partial charge < -0.3 is 20.3 Å². The summed E-state index contributed by atoms with van der Waals surface area (Å²) in [6.45, 7) is 5.25. The highest BCUT2D eigenvalue weighted by molar-refractivity contribution is 6.34. The van der Waals surface area contributed by atoms with Crippen molar-refractivity contribution in [3.63, 3.8) is 0 Å². The predicted molar refractivity (Wildman–Crippen MR) is 140 cm³/mol. The number of carbonyl (C=O) groups is 2. The van der Waals surface area contributed by atoms with Gasteiger partial charge in [0.15, 0.2) is 0 Å². The van der Waals surface area contributed by atoms with Gasteiger partial charge in [0.25, 0.3) is 11.8 Å². The molecule has 0 spiro atoms. The van der Waals surface area contributed by atoms with Crippen molar-refractivity contribution in [1.29, 1.82) is 0 Å². The number of nitrogens with zero attached hydrogens (tertiary/aromatic N) is 1. The van der Waals surface area contributed by atoms with Gasteiger partial charge in [-0.15, -0.1) is 0 Å². The van der Waals surface area contributed by atoms with Gasteiger partial charge >= 0.3 is 0 Å². The zero-order valence-electron chi connectivity index (χ0n) is 19.9. The van der Waals surface area contributed by atoms with Gasteiger partial charge in [-0.2, -0.15) is 0 Å². The molecule has 1 aliphatic heterocycles. The summed E-state index contributed by atoms with van der Waals surface area (Å²) in [4.78, 5) is 28.2. The summed E-state index contributed by atoms with van der Waals surface area (Å²) in [6.07, 6.45) is 1.64. The van der Waals surface area contributed by atoms with E-state index in [1.165, 1.54) is 11.1 Å². The van der Waals surface area contributed by atoms with Crippen molar-refractivity contribution in [3.8, 4) is 0 Å². The van der Waals surface area contributed by atoms with E-state index in [1.54, 1.807) is 30.3 Å². The van der Waals surface area contributed by atoms with Gasteiger partial charge in [0.2, 0.25) is 0 Å². The van der Waals surface area contributed by atoms with Gasteiger partial charge in [0.05, 0.1) is 16.1 Å². The lowest BCUT2D eigenvalue weighted by Crippen LogP contribution is -2.33. The van der Waals surface area contributed by atoms with Crippen LogP contribution in [0.25, 0.3) is 0 Å². The first kappa shape index (κ1) is 24.8. The monoisotopic (exact) mass is 491 g/mol. The van der Waals surface area contributed by atoms with E-state index in [2.05, 4.69) is 33.7 Å². The van der Waals surface area contributed by atoms with E-state index in [-0.39, 0.29) is 11.8 Å². The maximum absolute atomic E-state index is 13.2. The Morgan fingerprint density at radius 1 is 0.971 bits per heavy atom. The maximum atomic E-state index is 13.2. The van der Waals surface area contributed by atoms with Gasteiger partial charge in [-0.25, -0.2) is 0 Å². The average Bonchev–Trinajstić information content (AvgIpc) is 2.88. The zero-order chi connectivity index (χ0) is 24.6. The van der Waals surface area contributed by atoms with Crippen LogP contribution in [0.15, 0.2) is 66.7 Å². The summed E-state index contributed by atoms with van der Waals surface area (Å²) >= 11 is 6.19. The number of hydrogen-bond acceptors (Lipinski definition) is 4. The molecular weight excluding hydrogens is 462 g/mol. The summed E-state index contributed by atoms with van der Waals surface area (Å²) in [5.74, 6) is -0.498. The topological polar surface area (TPSA) is 70.7 Å². The van der Waals surface area contributed by atoms with Crippen LogP contribution in [0.5, 0.6) is 0 Å². The Kier molecular flexibility index (Phi) is 8.40. The lowest BCUT2D eigenvalue weighted by molar-refractivity contribution is 0.0943. The Labute approximate surface area is 211 Å². The molecule has 3 aromatic rings. The first-order chi connectivity index (χ1) is 17.1. The molecular formula is C28H30ClN3O3. The Bertz CT molecular complexity index is 1200. The Morgan fingerprint density at radius 2 is 1.74 bits per heavy atom. The lowest BCUT2D eigenvalue weighted by atomic mass is 9.98. The average molecular weight is 492 g/mol. The third kappa shape index (κ3) is 6.21. The minimum absolute atomic E-state index is 0.177. The smallest absolute Gasteiger partial charge is 0.257 e. The fraction of sp³-hybridized carbons (Fsp3) is 0.286. The molecule has 35 heavy (non-hydrogen) atoms. The molecule has 0 radical (unpaired) electrons. The van der Waals surface area contributed by atoms with Gasteiger partial charge in [0, 0.05) is 44.2 Å². The molecule has 0 fully saturated rings. The highest BCUT2D eigenvalue weighted by atomic mass is 35.5. The molecule has 0 unspecified atom stereocenters. The van der Waals surface area contributed by atoms with Crippen molar-refractivity contribution < 1.29 is 14.3 Å². The number of hydrogen-bond donors (Lipinski definition) is 2. The van der Waals surface area contributed by atoms with Crippen LogP contribution in [0.1, 0.15) is 45.2 Å². The van der Waals surface area contributed by atoms with Gasteiger partial charge in [-0.05, 0) is 61.2 Å². The number of anilines is 2. The summed E-state index contributed by atoms with van der Waals surface area (Å²) in [5, 5.41) is 6.26. The molecule has 0 atom stereocenters. The van der Waals surface area contributed by atoms with Crippen LogP contribution >= 0.6 is 11.6 Å². The molecule has 6 nitrogen and oxygen atoms in total. The minimum Gasteiger partial charge on any atom is -0.382 e. The summed E-state index contributed by atoms with van der Waals surface area (Å²) < 4.78 is 5.37. The van der Waals surface area contributed by atoms with Crippen LogP contribution in [0.3, 0.4) is 0 Å². The normalized spacial score (nSPS) is 12.7. The number of amides is 2. The summed E-state index contributed by atoms with van der Waals surface area (Å²) in [5.41, 5.74) is 4.89. The van der Waals surface area contributed by atoms with Crippen LogP contribution in [0, 0.1) is 0 Å². The molecule has 2 N–H and O–H groups in total. The van der Waals surface area contributed by atoms with E-state index in [1.807, 2.05) is 25.1 Å². The highest BCUT2D eigenvalue weighted by Gasteiger charge is 2.22. The van der Waals surface area contributed by atoms with E-state index in [0.29, 0.717) is 41.6 Å². The second-order valence-corrected chi connectivity index (χ2v) is 8.82. The van der Waals surface area contributed by atoms with Crippen molar-refractivity contribution >= 4 is 34.8 Å². The number of benzene rings is 3. The SMILES string of the molecule is CCOCCCNC(=O)c1cc(NC(=O)c2ccccc2Cl)ccc1N1CCc2ccccc2C1. The minimum atomic E-state index is -0.321. The summed E-state index contributed by atoms with van der Waals surface area (Å²) in [6, 6.07) is 20.8. The van der Waals surface area contributed by atoms with Crippen LogP contribution < -0.4 is 15.5 Å². The molecule has 4 rings (SSSR count). The lowest BCUT2D eigenvalue weighted by Gasteiger charge is -2.32. The predicted octanol–water partition coefficient (Wildman–Crippen LogP) is 5.31. The first-order valence-electron chi connectivity index (χ1n) is 11.9. The van der Waals surface area contributed by atoms with E-state index in [4.69, 9.17) is 16.3 Å². The number of rotatable bonds is 9. The molecule has 1 aliphatic rings. The van der Waals surface area contributed by atoms with Crippen molar-refractivity contribution in [3.05, 3.63) is 94.0 Å². The van der Waals surface area contributed by atoms with Crippen molar-refractivity contribution in [1.82, 2.24) is 5.32 Å². The molecule has 3 aromatic carbocycles. The fourth-order valence-electron chi connectivity index (χ4n) is 4.23. The van der Waals surface area contributed by atoms with Crippen LogP contribution in [-0.4, -0.2) is 38.1 Å². The van der Waals surface area contributed by atoms with Crippen LogP contribution in [-0.2, 0) is 17.7 Å². The Morgan fingerprint density at radius 3 is 2.54 bits per heavy atom. The van der Waals surface area contributed by atoms with E-state index >= 15 is 0 Å². The number of halogens is 1. The molecule has 7 heteroatoms. The largest absolute Gasteiger partial charge is 0.382 e. The fourth-order valence-corrected chi connectivity index (χ4v) is 4.45. The van der Waals surface area contributed by atoms with Gasteiger partial charge in [-0.3, -0.25) is 9.59 Å². The molecule has 0 saturated heterocycles. The third-order valence-electron chi connectivity index (χ3n) is 6.04. The molecule has 0 aliphatic carbocycles. The van der Waals surface area contributed by atoms with Crippen molar-refractivity contribution in [2.24, 2.45) is 0 Å². The maximum Gasteiger partial charge on any atom is 0.257 e. The third-order valence-corrected chi connectivity index (χ3v) is 6.37. The molecule has 182 valence electrons. The Hall–Kier alpha value is -3.35. The molecule has 0 saturated carbocycles. The van der Waals surface area contributed by atoms with Crippen LogP contribution in [0.2, 0.25) is 5.02 Å². The van der Waals surface area contributed by atoms with E-state index in [9.17, 15) is 9.59 Å². The van der Waals surface area contributed by atoms with Gasteiger partial charge in [-0.1, -0.05) is 48.0 Å². The number of carbonyl (C=O) groups excluding carboxylic acids is 2. The number of fused-ring (bicyclic) bond motifs is 1. The number of ether oxygens (including phenoxy) is 1. The second kappa shape index (κ2) is 11.9. The molecule has 1 heterocycles. The second-order valence-electron chi connectivity index (χ2n) is 8.41. The molecule has 2 amide bonds. The van der Waals surface area contributed by atoms with Crippen molar-refractivity contribution in [2.75, 3.05) is 36.5 Å². The number of nitrogens with one attached hydrogen (secondary N) is 2. The quantitative estimate of drug-likeness (QED) is 0.398. The van der Waals surface area contributed by atoms with Crippen LogP contribution in [0.4, 0.5) is 11.4 Å². The molecule has 0 aromatic heterocycles. The zero-order valence-corrected chi connectivity index (χ0v) is 20.6.